The predicted molar refractivity (Wildman–Crippen MR) is 138 cm³/mol. The Morgan fingerprint density at radius 2 is 1.63 bits per heavy atom. The smallest absolute Gasteiger partial charge is 0.307 e. The van der Waals surface area contributed by atoms with Gasteiger partial charge in [0.15, 0.2) is 0 Å². The van der Waals surface area contributed by atoms with Gasteiger partial charge >= 0.3 is 5.97 Å². The van der Waals surface area contributed by atoms with E-state index in [1.807, 2.05) is 19.1 Å². The first kappa shape index (κ1) is 25.0. The fraction of sp³-hybridized carbons (Fsp3) is 0.444. The molecule has 7 nitrogen and oxygen atoms in total. The van der Waals surface area contributed by atoms with Crippen LogP contribution in [-0.4, -0.2) is 36.0 Å². The molecule has 0 radical (unpaired) electrons. The number of hydrogen-bond acceptors (Lipinski definition) is 4. The summed E-state index contributed by atoms with van der Waals surface area (Å²) in [6.07, 6.45) is 6.00. The van der Waals surface area contributed by atoms with Crippen LogP contribution in [0.25, 0.3) is 0 Å². The van der Waals surface area contributed by atoms with Crippen LogP contribution in [0.4, 0.5) is 17.1 Å². The van der Waals surface area contributed by atoms with Crippen LogP contribution in [0.2, 0.25) is 5.02 Å². The van der Waals surface area contributed by atoms with Gasteiger partial charge in [-0.3, -0.25) is 14.4 Å². The monoisotopic (exact) mass is 497 g/mol. The van der Waals surface area contributed by atoms with Crippen molar-refractivity contribution in [3.8, 4) is 0 Å². The van der Waals surface area contributed by atoms with Crippen LogP contribution in [0.1, 0.15) is 60.9 Å². The minimum Gasteiger partial charge on any atom is -0.481 e. The molecule has 2 aliphatic rings. The van der Waals surface area contributed by atoms with Gasteiger partial charge in [0.2, 0.25) is 5.91 Å². The van der Waals surface area contributed by atoms with E-state index in [1.54, 1.807) is 24.3 Å². The number of aryl methyl sites for hydroxylation is 1. The van der Waals surface area contributed by atoms with Crippen molar-refractivity contribution >= 4 is 46.4 Å². The molecule has 0 aromatic heterocycles. The van der Waals surface area contributed by atoms with Gasteiger partial charge in [0, 0.05) is 35.2 Å². The Kier molecular flexibility index (Phi) is 7.96. The summed E-state index contributed by atoms with van der Waals surface area (Å²) in [6, 6.07) is 10.7. The van der Waals surface area contributed by atoms with E-state index in [9.17, 15) is 19.5 Å². The van der Waals surface area contributed by atoms with Crippen molar-refractivity contribution in [2.24, 2.45) is 11.8 Å². The van der Waals surface area contributed by atoms with Crippen molar-refractivity contribution < 1.29 is 19.5 Å². The average Bonchev–Trinajstić information content (AvgIpc) is 2.86. The fourth-order valence-corrected chi connectivity index (χ4v) is 5.27. The summed E-state index contributed by atoms with van der Waals surface area (Å²) in [6.45, 7) is 3.63. The van der Waals surface area contributed by atoms with Crippen molar-refractivity contribution in [1.29, 1.82) is 0 Å². The first-order valence-corrected chi connectivity index (χ1v) is 12.7. The number of carboxylic acids is 1. The van der Waals surface area contributed by atoms with Crippen molar-refractivity contribution in [3.63, 3.8) is 0 Å². The molecule has 1 heterocycles. The second kappa shape index (κ2) is 11.1. The molecule has 0 bridgehead atoms. The lowest BCUT2D eigenvalue weighted by atomic mass is 9.78. The van der Waals surface area contributed by atoms with Crippen LogP contribution >= 0.6 is 11.6 Å². The average molecular weight is 498 g/mol. The van der Waals surface area contributed by atoms with Crippen molar-refractivity contribution in [2.45, 2.75) is 51.9 Å². The third-order valence-corrected chi connectivity index (χ3v) is 7.31. The number of nitrogens with one attached hydrogen (secondary N) is 2. The maximum absolute atomic E-state index is 13.5. The van der Waals surface area contributed by atoms with Crippen LogP contribution in [-0.2, 0) is 9.59 Å². The molecule has 2 aromatic carbocycles. The van der Waals surface area contributed by atoms with Crippen molar-refractivity contribution in [1.82, 2.24) is 0 Å². The molecule has 1 saturated heterocycles. The molecule has 1 aliphatic carbocycles. The number of piperidine rings is 1. The number of benzene rings is 2. The largest absolute Gasteiger partial charge is 0.481 e. The van der Waals surface area contributed by atoms with Crippen LogP contribution in [0.15, 0.2) is 36.4 Å². The maximum atomic E-state index is 13.5. The third kappa shape index (κ3) is 5.96. The zero-order valence-corrected chi connectivity index (χ0v) is 20.7. The molecule has 3 N–H and O–H groups in total. The zero-order valence-electron chi connectivity index (χ0n) is 20.0. The van der Waals surface area contributed by atoms with E-state index >= 15 is 0 Å². The lowest BCUT2D eigenvalue weighted by molar-refractivity contribution is -0.147. The van der Waals surface area contributed by atoms with Crippen LogP contribution in [0.5, 0.6) is 0 Å². The lowest BCUT2D eigenvalue weighted by Crippen LogP contribution is -2.36. The molecule has 1 aliphatic heterocycles. The number of carbonyl (C=O) groups excluding carboxylic acids is 2. The standard InChI is InChI=1S/C27H32ClN3O4/c1-17-9-10-18(28)15-23(17)30-26(33)22-16-19(11-12-24(22)31-13-5-2-6-14-31)29-25(32)20-7-3-4-8-21(20)27(34)35/h9-12,15-16,20-21H,2-8,13-14H2,1H3,(H,29,32)(H,30,33)(H,34,35)/t20-,21-/m0/s1. The Hall–Kier alpha value is -3.06. The lowest BCUT2D eigenvalue weighted by Gasteiger charge is -2.31. The molecule has 2 fully saturated rings. The van der Waals surface area contributed by atoms with E-state index < -0.39 is 17.8 Å². The summed E-state index contributed by atoms with van der Waals surface area (Å²) in [5.41, 5.74) is 3.29. The first-order chi connectivity index (χ1) is 16.8. The van der Waals surface area contributed by atoms with E-state index in [2.05, 4.69) is 15.5 Å². The Balaban J connectivity index is 1.61. The number of carboxylic acid groups (broad SMARTS) is 1. The number of hydrogen-bond donors (Lipinski definition) is 3. The fourth-order valence-electron chi connectivity index (χ4n) is 5.10. The number of halogens is 1. The van der Waals surface area contributed by atoms with E-state index in [4.69, 9.17) is 11.6 Å². The molecule has 35 heavy (non-hydrogen) atoms. The summed E-state index contributed by atoms with van der Waals surface area (Å²) >= 11 is 6.14. The second-order valence-corrected chi connectivity index (χ2v) is 9.95. The van der Waals surface area contributed by atoms with Crippen LogP contribution < -0.4 is 15.5 Å². The Bertz CT molecular complexity index is 1110. The van der Waals surface area contributed by atoms with Gasteiger partial charge in [-0.25, -0.2) is 0 Å². The molecule has 2 aromatic rings. The topological polar surface area (TPSA) is 98.7 Å². The van der Waals surface area contributed by atoms with Crippen molar-refractivity contribution in [2.75, 3.05) is 28.6 Å². The normalized spacial score (nSPS) is 20.2. The summed E-state index contributed by atoms with van der Waals surface area (Å²) in [5, 5.41) is 15.9. The van der Waals surface area contributed by atoms with Gasteiger partial charge in [0.05, 0.1) is 17.4 Å². The predicted octanol–water partition coefficient (Wildman–Crippen LogP) is 5.72. The third-order valence-electron chi connectivity index (χ3n) is 7.07. The summed E-state index contributed by atoms with van der Waals surface area (Å²) in [7, 11) is 0. The number of carbonyl (C=O) groups is 3. The van der Waals surface area contributed by atoms with Gasteiger partial charge in [-0.15, -0.1) is 0 Å². The van der Waals surface area contributed by atoms with Crippen LogP contribution in [0.3, 0.4) is 0 Å². The van der Waals surface area contributed by atoms with E-state index in [-0.39, 0.29) is 11.8 Å². The summed E-state index contributed by atoms with van der Waals surface area (Å²) < 4.78 is 0. The molecular formula is C27H32ClN3O4. The maximum Gasteiger partial charge on any atom is 0.307 e. The molecule has 186 valence electrons. The number of amides is 2. The molecule has 0 spiro atoms. The quantitative estimate of drug-likeness (QED) is 0.474. The minimum atomic E-state index is -0.928. The van der Waals surface area contributed by atoms with Crippen molar-refractivity contribution in [3.05, 3.63) is 52.5 Å². The first-order valence-electron chi connectivity index (χ1n) is 12.3. The number of aliphatic carboxylic acids is 1. The SMILES string of the molecule is Cc1ccc(Cl)cc1NC(=O)c1cc(NC(=O)[C@H]2CCCC[C@@H]2C(=O)O)ccc1N1CCCCC1. The number of rotatable bonds is 6. The summed E-state index contributed by atoms with van der Waals surface area (Å²) in [4.78, 5) is 40.3. The second-order valence-electron chi connectivity index (χ2n) is 9.52. The van der Waals surface area contributed by atoms with E-state index in [0.717, 1.165) is 50.0 Å². The Morgan fingerprint density at radius 1 is 0.914 bits per heavy atom. The number of anilines is 3. The Morgan fingerprint density at radius 3 is 2.34 bits per heavy atom. The highest BCUT2D eigenvalue weighted by molar-refractivity contribution is 6.31. The minimum absolute atomic E-state index is 0.284. The van der Waals surface area contributed by atoms with Gasteiger partial charge in [-0.05, 0) is 74.9 Å². The van der Waals surface area contributed by atoms with Gasteiger partial charge in [-0.2, -0.15) is 0 Å². The highest BCUT2D eigenvalue weighted by Gasteiger charge is 2.35. The molecule has 8 heteroatoms. The molecular weight excluding hydrogens is 466 g/mol. The molecule has 2 atom stereocenters. The van der Waals surface area contributed by atoms with Gasteiger partial charge in [0.25, 0.3) is 5.91 Å². The van der Waals surface area contributed by atoms with E-state index in [1.165, 1.54) is 6.42 Å². The highest BCUT2D eigenvalue weighted by atomic mass is 35.5. The van der Waals surface area contributed by atoms with Crippen LogP contribution in [0, 0.1) is 18.8 Å². The summed E-state index contributed by atoms with van der Waals surface area (Å²) in [5.74, 6) is -2.77. The molecule has 1 saturated carbocycles. The number of nitrogens with zero attached hydrogens (tertiary/aromatic N) is 1. The molecule has 4 rings (SSSR count). The van der Waals surface area contributed by atoms with Gasteiger partial charge < -0.3 is 20.6 Å². The zero-order chi connectivity index (χ0) is 24.9. The van der Waals surface area contributed by atoms with E-state index in [0.29, 0.717) is 34.8 Å². The molecule has 2 amide bonds. The Labute approximate surface area is 210 Å². The van der Waals surface area contributed by atoms with Gasteiger partial charge in [0.1, 0.15) is 0 Å². The molecule has 0 unspecified atom stereocenters. The van der Waals surface area contributed by atoms with Gasteiger partial charge in [-0.1, -0.05) is 30.5 Å². The highest BCUT2D eigenvalue weighted by Crippen LogP contribution is 2.33.